The second-order valence-corrected chi connectivity index (χ2v) is 7.60. The minimum Gasteiger partial charge on any atom is -0.506 e. The molecule has 7 nitrogen and oxygen atoms in total. The first kappa shape index (κ1) is 21.4. The molecule has 10 heteroatoms. The number of nitrogens with zero attached hydrogens (tertiary/aromatic N) is 1. The van der Waals surface area contributed by atoms with Crippen molar-refractivity contribution in [3.8, 4) is 5.75 Å². The zero-order valence-electron chi connectivity index (χ0n) is 13.7. The van der Waals surface area contributed by atoms with Crippen LogP contribution < -0.4 is 16.7 Å². The molecule has 0 aliphatic heterocycles. The van der Waals surface area contributed by atoms with E-state index in [4.69, 9.17) is 17.4 Å². The summed E-state index contributed by atoms with van der Waals surface area (Å²) in [6.07, 6.45) is 1.52. The van der Waals surface area contributed by atoms with Gasteiger partial charge >= 0.3 is 0 Å². The van der Waals surface area contributed by atoms with Crippen LogP contribution in [0.5, 0.6) is 5.75 Å². The molecule has 2 aromatic rings. The van der Waals surface area contributed by atoms with Gasteiger partial charge in [-0.3, -0.25) is 15.0 Å². The molecule has 1 atom stereocenters. The van der Waals surface area contributed by atoms with Gasteiger partial charge < -0.3 is 5.11 Å². The maximum Gasteiger partial charge on any atom is 0.253 e. The molecule has 0 radical (unpaired) electrons. The summed E-state index contributed by atoms with van der Waals surface area (Å²) >= 11 is 12.3. The lowest BCUT2D eigenvalue weighted by Gasteiger charge is -2.13. The Morgan fingerprint density at radius 3 is 2.33 bits per heavy atom. The van der Waals surface area contributed by atoms with E-state index in [-0.39, 0.29) is 12.2 Å². The zero-order valence-corrected chi connectivity index (χ0v) is 17.7. The lowest BCUT2D eigenvalue weighted by atomic mass is 9.98. The summed E-state index contributed by atoms with van der Waals surface area (Å²) in [7, 11) is 0. The molecule has 0 saturated heterocycles. The molecule has 5 N–H and O–H groups in total. The monoisotopic (exact) mass is 516 g/mol. The van der Waals surface area contributed by atoms with E-state index in [1.54, 1.807) is 36.4 Å². The number of carbonyl (C=O) groups excluding carboxylic acids is 2. The summed E-state index contributed by atoms with van der Waals surface area (Å²) in [6.45, 7) is 0. The van der Waals surface area contributed by atoms with Gasteiger partial charge in [-0.1, -0.05) is 23.7 Å². The quantitative estimate of drug-likeness (QED) is 0.155. The van der Waals surface area contributed by atoms with Gasteiger partial charge in [0, 0.05) is 5.02 Å². The average Bonchev–Trinajstić information content (AvgIpc) is 2.64. The smallest absolute Gasteiger partial charge is 0.253 e. The molecule has 0 saturated carbocycles. The molecular weight excluding hydrogens is 503 g/mol. The third-order valence-corrected chi connectivity index (χ3v) is 5.02. The number of nitrogens with two attached hydrogens (primary N) is 1. The van der Waals surface area contributed by atoms with E-state index >= 15 is 0 Å². The Hall–Kier alpha value is -1.94. The largest absolute Gasteiger partial charge is 0.506 e. The van der Waals surface area contributed by atoms with Crippen LogP contribution in [0, 0.1) is 5.92 Å². The molecule has 1 unspecified atom stereocenters. The molecule has 2 amide bonds. The van der Waals surface area contributed by atoms with E-state index in [2.05, 4.69) is 42.4 Å². The molecule has 0 fully saturated rings. The van der Waals surface area contributed by atoms with E-state index in [0.29, 0.717) is 19.5 Å². The van der Waals surface area contributed by atoms with Crippen molar-refractivity contribution in [3.63, 3.8) is 0 Å². The number of carbonyl (C=O) groups is 2. The van der Waals surface area contributed by atoms with Crippen LogP contribution in [0.25, 0.3) is 0 Å². The van der Waals surface area contributed by atoms with Crippen molar-refractivity contribution in [1.82, 2.24) is 10.9 Å². The predicted molar refractivity (Wildman–Crippen MR) is 110 cm³/mol. The number of hydrogen-bond donors (Lipinski definition) is 4. The van der Waals surface area contributed by atoms with Gasteiger partial charge in [0.05, 0.1) is 15.2 Å². The minimum absolute atomic E-state index is 0.0545. The minimum atomic E-state index is -1.06. The van der Waals surface area contributed by atoms with E-state index in [1.165, 1.54) is 6.21 Å². The van der Waals surface area contributed by atoms with Crippen molar-refractivity contribution in [3.05, 3.63) is 61.5 Å². The second-order valence-electron chi connectivity index (χ2n) is 5.46. The number of rotatable bonds is 6. The Morgan fingerprint density at radius 1 is 1.19 bits per heavy atom. The highest BCUT2D eigenvalue weighted by molar-refractivity contribution is 9.11. The summed E-state index contributed by atoms with van der Waals surface area (Å²) in [5, 5.41) is 14.1. The van der Waals surface area contributed by atoms with Gasteiger partial charge in [0.15, 0.2) is 0 Å². The van der Waals surface area contributed by atoms with Gasteiger partial charge in [0.2, 0.25) is 5.91 Å². The van der Waals surface area contributed by atoms with Crippen LogP contribution in [-0.4, -0.2) is 23.1 Å². The van der Waals surface area contributed by atoms with E-state index in [9.17, 15) is 14.7 Å². The Balaban J connectivity index is 2.09. The topological polar surface area (TPSA) is 117 Å². The lowest BCUT2D eigenvalue weighted by molar-refractivity contribution is -0.135. The van der Waals surface area contributed by atoms with Crippen molar-refractivity contribution < 1.29 is 14.7 Å². The van der Waals surface area contributed by atoms with Gasteiger partial charge in [-0.15, -0.1) is 0 Å². The fourth-order valence-corrected chi connectivity index (χ4v) is 3.52. The number of aromatic hydroxyl groups is 1. The standard InChI is InChI=1S/C17H15Br2ClN4O3/c18-13-6-10(7-14(19)15(13)25)8-22-24-17(27)12(16(26)23-21)5-9-1-3-11(20)4-2-9/h1-4,6-8,12,25H,5,21H2,(H,23,26)(H,24,27)/b22-8+. The van der Waals surface area contributed by atoms with Crippen molar-refractivity contribution in [2.75, 3.05) is 0 Å². The van der Waals surface area contributed by atoms with Crippen LogP contribution in [0.4, 0.5) is 0 Å². The predicted octanol–water partition coefficient (Wildman–Crippen LogP) is 2.87. The van der Waals surface area contributed by atoms with Crippen molar-refractivity contribution >= 4 is 61.5 Å². The molecule has 0 aliphatic rings. The molecular formula is C17H15Br2ClN4O3. The Bertz CT molecular complexity index is 852. The van der Waals surface area contributed by atoms with E-state index in [0.717, 1.165) is 5.56 Å². The fraction of sp³-hybridized carbons (Fsp3) is 0.118. The highest BCUT2D eigenvalue weighted by Crippen LogP contribution is 2.32. The normalized spacial score (nSPS) is 12.0. The van der Waals surface area contributed by atoms with Crippen molar-refractivity contribution in [1.29, 1.82) is 0 Å². The Morgan fingerprint density at radius 2 is 1.78 bits per heavy atom. The second kappa shape index (κ2) is 9.84. The molecule has 0 aliphatic carbocycles. The van der Waals surface area contributed by atoms with Gasteiger partial charge in [0.1, 0.15) is 11.7 Å². The van der Waals surface area contributed by atoms with Crippen LogP contribution >= 0.6 is 43.5 Å². The number of halogens is 3. The number of hydrazone groups is 1. The van der Waals surface area contributed by atoms with Crippen LogP contribution in [0.3, 0.4) is 0 Å². The lowest BCUT2D eigenvalue weighted by Crippen LogP contribution is -2.43. The van der Waals surface area contributed by atoms with Crippen LogP contribution in [0.15, 0.2) is 50.4 Å². The molecule has 27 heavy (non-hydrogen) atoms. The molecule has 142 valence electrons. The van der Waals surface area contributed by atoms with E-state index < -0.39 is 17.7 Å². The number of hydrazine groups is 1. The van der Waals surface area contributed by atoms with Crippen LogP contribution in [-0.2, 0) is 16.0 Å². The number of phenolic OH excluding ortho intramolecular Hbond substituents is 1. The maximum atomic E-state index is 12.4. The summed E-state index contributed by atoms with van der Waals surface area (Å²) in [5.41, 5.74) is 5.68. The average molecular weight is 519 g/mol. The summed E-state index contributed by atoms with van der Waals surface area (Å²) in [4.78, 5) is 24.3. The van der Waals surface area contributed by atoms with Crippen LogP contribution in [0.1, 0.15) is 11.1 Å². The first-order valence-electron chi connectivity index (χ1n) is 7.57. The zero-order chi connectivity index (χ0) is 20.0. The van der Waals surface area contributed by atoms with Crippen LogP contribution in [0.2, 0.25) is 5.02 Å². The first-order valence-corrected chi connectivity index (χ1v) is 9.54. The molecule has 0 spiro atoms. The van der Waals surface area contributed by atoms with Crippen molar-refractivity contribution in [2.24, 2.45) is 16.9 Å². The third kappa shape index (κ3) is 6.03. The number of phenols is 1. The summed E-state index contributed by atoms with van der Waals surface area (Å²) in [5.74, 6) is 2.93. The van der Waals surface area contributed by atoms with Gasteiger partial charge in [-0.05, 0) is 73.7 Å². The maximum absolute atomic E-state index is 12.4. The highest BCUT2D eigenvalue weighted by Gasteiger charge is 2.26. The fourth-order valence-electron chi connectivity index (χ4n) is 2.17. The Labute approximate surface area is 177 Å². The first-order chi connectivity index (χ1) is 12.8. The number of benzene rings is 2. The number of amides is 2. The molecule has 2 aromatic carbocycles. The highest BCUT2D eigenvalue weighted by atomic mass is 79.9. The molecule has 0 bridgehead atoms. The summed E-state index contributed by atoms with van der Waals surface area (Å²) < 4.78 is 0.931. The molecule has 2 rings (SSSR count). The number of hydrogen-bond acceptors (Lipinski definition) is 5. The third-order valence-electron chi connectivity index (χ3n) is 3.56. The van der Waals surface area contributed by atoms with Gasteiger partial charge in [-0.25, -0.2) is 11.3 Å². The Kier molecular flexibility index (Phi) is 7.78. The SMILES string of the molecule is NNC(=O)C(Cc1ccc(Cl)cc1)C(=O)N/N=C/c1cc(Br)c(O)c(Br)c1. The van der Waals surface area contributed by atoms with Gasteiger partial charge in [-0.2, -0.15) is 5.10 Å². The molecule has 0 heterocycles. The molecule has 0 aromatic heterocycles. The van der Waals surface area contributed by atoms with Gasteiger partial charge in [0.25, 0.3) is 5.91 Å². The summed E-state index contributed by atoms with van der Waals surface area (Å²) in [6, 6.07) is 10.0. The van der Waals surface area contributed by atoms with E-state index in [1.807, 2.05) is 5.43 Å². The van der Waals surface area contributed by atoms with Crippen molar-refractivity contribution in [2.45, 2.75) is 6.42 Å². The number of nitrogens with one attached hydrogen (secondary N) is 2.